The summed E-state index contributed by atoms with van der Waals surface area (Å²) in [6, 6.07) is 2.15. The van der Waals surface area contributed by atoms with Crippen LogP contribution in [0, 0.1) is 0 Å². The zero-order valence-electron chi connectivity index (χ0n) is 10.1. The molecule has 100 valence electrons. The largest absolute Gasteiger partial charge is 0.416 e. The molecule has 0 N–H and O–H groups in total. The maximum Gasteiger partial charge on any atom is 0.416 e. The number of pyridine rings is 1. The van der Waals surface area contributed by atoms with Gasteiger partial charge in [0, 0.05) is 12.7 Å². The molecule has 1 aromatic rings. The van der Waals surface area contributed by atoms with Crippen molar-refractivity contribution in [2.75, 3.05) is 25.2 Å². The lowest BCUT2D eigenvalue weighted by molar-refractivity contribution is -0.137. The molecule has 1 saturated heterocycles. The number of nitrogens with zero attached hydrogens (tertiary/aromatic N) is 3. The van der Waals surface area contributed by atoms with Gasteiger partial charge in [-0.15, -0.1) is 0 Å². The van der Waals surface area contributed by atoms with Crippen LogP contribution in [0.15, 0.2) is 18.3 Å². The zero-order chi connectivity index (χ0) is 13.3. The molecule has 4 nitrogen and oxygen atoms in total. The van der Waals surface area contributed by atoms with E-state index in [4.69, 9.17) is 4.84 Å². The van der Waals surface area contributed by atoms with Crippen molar-refractivity contribution in [1.29, 1.82) is 0 Å². The fourth-order valence-electron chi connectivity index (χ4n) is 1.95. The zero-order valence-corrected chi connectivity index (χ0v) is 10.1. The van der Waals surface area contributed by atoms with Crippen molar-refractivity contribution in [3.63, 3.8) is 0 Å². The van der Waals surface area contributed by atoms with Crippen LogP contribution in [0.2, 0.25) is 0 Å². The predicted octanol–water partition coefficient (Wildman–Crippen LogP) is 2.13. The Morgan fingerprint density at radius 1 is 1.44 bits per heavy atom. The lowest BCUT2D eigenvalue weighted by Gasteiger charge is -2.18. The minimum atomic E-state index is -4.34. The van der Waals surface area contributed by atoms with Crippen molar-refractivity contribution in [2.24, 2.45) is 0 Å². The van der Waals surface area contributed by atoms with Gasteiger partial charge >= 0.3 is 6.18 Å². The van der Waals surface area contributed by atoms with E-state index >= 15 is 0 Å². The molecule has 0 saturated carbocycles. The molecule has 1 atom stereocenters. The normalized spacial score (nSPS) is 21.6. The standard InChI is InChI=1S/C11H14F3N3O/c1-8-6-16(7-17(8)18-2)10-5-9(3-4-15-10)11(12,13)14/h3-5,8H,6-7H2,1-2H3. The first-order valence-corrected chi connectivity index (χ1v) is 5.51. The highest BCUT2D eigenvalue weighted by Gasteiger charge is 2.33. The second-order valence-corrected chi connectivity index (χ2v) is 4.21. The van der Waals surface area contributed by atoms with Crippen molar-refractivity contribution < 1.29 is 18.0 Å². The Bertz CT molecular complexity index is 424. The number of hydrogen-bond acceptors (Lipinski definition) is 4. The van der Waals surface area contributed by atoms with Crippen LogP contribution in [0.1, 0.15) is 12.5 Å². The SMILES string of the molecule is CON1CN(c2cc(C(F)(F)F)ccn2)CC1C. The van der Waals surface area contributed by atoms with Gasteiger partial charge in [-0.25, -0.2) is 4.98 Å². The van der Waals surface area contributed by atoms with Gasteiger partial charge in [0.05, 0.1) is 25.4 Å². The summed E-state index contributed by atoms with van der Waals surface area (Å²) >= 11 is 0. The van der Waals surface area contributed by atoms with Crippen LogP contribution in [-0.4, -0.2) is 36.4 Å². The van der Waals surface area contributed by atoms with Gasteiger partial charge in [-0.05, 0) is 19.1 Å². The lowest BCUT2D eigenvalue weighted by atomic mass is 10.2. The summed E-state index contributed by atoms with van der Waals surface area (Å²) in [5.41, 5.74) is -0.684. The van der Waals surface area contributed by atoms with Gasteiger partial charge in [0.1, 0.15) is 5.82 Å². The number of aromatic nitrogens is 1. The highest BCUT2D eigenvalue weighted by atomic mass is 19.4. The molecule has 2 rings (SSSR count). The Morgan fingerprint density at radius 3 is 2.72 bits per heavy atom. The minimum absolute atomic E-state index is 0.117. The molecule has 1 aromatic heterocycles. The molecule has 0 aliphatic carbocycles. The minimum Gasteiger partial charge on any atom is -0.340 e. The molecule has 18 heavy (non-hydrogen) atoms. The molecule has 0 amide bonds. The van der Waals surface area contributed by atoms with E-state index in [0.717, 1.165) is 12.1 Å². The molecule has 1 unspecified atom stereocenters. The summed E-state index contributed by atoms with van der Waals surface area (Å²) in [6.07, 6.45) is -3.16. The van der Waals surface area contributed by atoms with Crippen molar-refractivity contribution >= 4 is 5.82 Å². The summed E-state index contributed by atoms with van der Waals surface area (Å²) in [5, 5.41) is 1.70. The fraction of sp³-hybridized carbons (Fsp3) is 0.545. The summed E-state index contributed by atoms with van der Waals surface area (Å²) in [4.78, 5) is 10.8. The molecule has 1 aliphatic heterocycles. The number of hydrogen-bond donors (Lipinski definition) is 0. The van der Waals surface area contributed by atoms with E-state index in [2.05, 4.69) is 4.98 Å². The Morgan fingerprint density at radius 2 is 2.17 bits per heavy atom. The quantitative estimate of drug-likeness (QED) is 0.815. The van der Waals surface area contributed by atoms with Gasteiger partial charge < -0.3 is 9.74 Å². The second kappa shape index (κ2) is 4.74. The van der Waals surface area contributed by atoms with Crippen LogP contribution in [0.3, 0.4) is 0 Å². The number of anilines is 1. The Balaban J connectivity index is 2.20. The van der Waals surface area contributed by atoms with Gasteiger partial charge in [-0.1, -0.05) is 0 Å². The third kappa shape index (κ3) is 2.56. The van der Waals surface area contributed by atoms with Crippen LogP contribution in [0.25, 0.3) is 0 Å². The smallest absolute Gasteiger partial charge is 0.340 e. The molecule has 1 fully saturated rings. The maximum absolute atomic E-state index is 12.6. The average Bonchev–Trinajstić information content (AvgIpc) is 2.70. The van der Waals surface area contributed by atoms with Crippen LogP contribution in [-0.2, 0) is 11.0 Å². The Hall–Kier alpha value is -1.34. The topological polar surface area (TPSA) is 28.6 Å². The Labute approximate surface area is 103 Å². The van der Waals surface area contributed by atoms with Crippen LogP contribution >= 0.6 is 0 Å². The third-order valence-electron chi connectivity index (χ3n) is 2.92. The second-order valence-electron chi connectivity index (χ2n) is 4.21. The number of hydroxylamine groups is 2. The van der Waals surface area contributed by atoms with Crippen molar-refractivity contribution in [1.82, 2.24) is 10.0 Å². The Kier molecular flexibility index (Phi) is 3.45. The molecule has 0 bridgehead atoms. The first kappa shape index (κ1) is 13.1. The van der Waals surface area contributed by atoms with Crippen LogP contribution in [0.4, 0.5) is 19.0 Å². The molecule has 0 aromatic carbocycles. The first-order valence-electron chi connectivity index (χ1n) is 5.51. The number of halogens is 3. The molecule has 0 spiro atoms. The highest BCUT2D eigenvalue weighted by Crippen LogP contribution is 2.31. The summed E-state index contributed by atoms with van der Waals surface area (Å²) in [6.45, 7) is 2.94. The fourth-order valence-corrected chi connectivity index (χ4v) is 1.95. The predicted molar refractivity (Wildman–Crippen MR) is 59.8 cm³/mol. The molecule has 1 aliphatic rings. The lowest BCUT2D eigenvalue weighted by Crippen LogP contribution is -2.27. The average molecular weight is 261 g/mol. The van der Waals surface area contributed by atoms with Crippen molar-refractivity contribution in [3.8, 4) is 0 Å². The van der Waals surface area contributed by atoms with Gasteiger partial charge in [-0.3, -0.25) is 0 Å². The summed E-state index contributed by atoms with van der Waals surface area (Å²) in [5.74, 6) is 0.316. The van der Waals surface area contributed by atoms with Gasteiger partial charge in [0.2, 0.25) is 0 Å². The van der Waals surface area contributed by atoms with E-state index in [1.165, 1.54) is 6.20 Å². The van der Waals surface area contributed by atoms with Gasteiger partial charge in [0.15, 0.2) is 0 Å². The van der Waals surface area contributed by atoms with E-state index in [0.29, 0.717) is 19.0 Å². The van der Waals surface area contributed by atoms with E-state index in [-0.39, 0.29) is 6.04 Å². The van der Waals surface area contributed by atoms with E-state index in [9.17, 15) is 13.2 Å². The van der Waals surface area contributed by atoms with E-state index in [1.807, 2.05) is 6.92 Å². The number of rotatable bonds is 2. The highest BCUT2D eigenvalue weighted by molar-refractivity contribution is 5.42. The van der Waals surface area contributed by atoms with Gasteiger partial charge in [-0.2, -0.15) is 18.2 Å². The molecular weight excluding hydrogens is 247 g/mol. The maximum atomic E-state index is 12.6. The first-order chi connectivity index (χ1) is 8.41. The molecular formula is C11H14F3N3O. The van der Waals surface area contributed by atoms with Crippen molar-refractivity contribution in [2.45, 2.75) is 19.1 Å². The van der Waals surface area contributed by atoms with E-state index in [1.54, 1.807) is 17.1 Å². The van der Waals surface area contributed by atoms with Crippen LogP contribution in [0.5, 0.6) is 0 Å². The molecule has 2 heterocycles. The molecule has 0 radical (unpaired) electrons. The van der Waals surface area contributed by atoms with E-state index < -0.39 is 11.7 Å². The van der Waals surface area contributed by atoms with Gasteiger partial charge in [0.25, 0.3) is 0 Å². The van der Waals surface area contributed by atoms with Crippen LogP contribution < -0.4 is 4.90 Å². The number of alkyl halides is 3. The summed E-state index contributed by atoms with van der Waals surface area (Å²) in [7, 11) is 1.54. The third-order valence-corrected chi connectivity index (χ3v) is 2.92. The molecule has 7 heteroatoms. The monoisotopic (exact) mass is 261 g/mol. The summed E-state index contributed by atoms with van der Waals surface area (Å²) < 4.78 is 37.8. The van der Waals surface area contributed by atoms with Crippen molar-refractivity contribution in [3.05, 3.63) is 23.9 Å².